The predicted octanol–water partition coefficient (Wildman–Crippen LogP) is 2.49. The van der Waals surface area contributed by atoms with Crippen LogP contribution >= 0.6 is 0 Å². The number of amides is 2. The topological polar surface area (TPSA) is 95.3 Å². The molecule has 28 heavy (non-hydrogen) atoms. The van der Waals surface area contributed by atoms with Crippen LogP contribution in [0.4, 0.5) is 5.69 Å². The quantitative estimate of drug-likeness (QED) is 0.793. The van der Waals surface area contributed by atoms with Gasteiger partial charge in [-0.3, -0.25) is 9.59 Å². The summed E-state index contributed by atoms with van der Waals surface area (Å²) in [5.74, 6) is 0.106. The molecule has 3 rings (SSSR count). The van der Waals surface area contributed by atoms with Gasteiger partial charge < -0.3 is 20.5 Å². The summed E-state index contributed by atoms with van der Waals surface area (Å²) in [6.45, 7) is 9.55. The SMILES string of the molecule is CCc1[nH]cnc1C(=O)N1CCN(C(=O)c2ccc(C)c(N)c2)[C@@H](C(C)C)C1. The zero-order valence-electron chi connectivity index (χ0n) is 17.0. The van der Waals surface area contributed by atoms with Crippen LogP contribution in [0, 0.1) is 12.8 Å². The Balaban J connectivity index is 1.80. The van der Waals surface area contributed by atoms with Crippen molar-refractivity contribution in [1.29, 1.82) is 0 Å². The fraction of sp³-hybridized carbons (Fsp3) is 0.476. The molecule has 7 heteroatoms. The zero-order valence-corrected chi connectivity index (χ0v) is 17.0. The molecule has 1 fully saturated rings. The monoisotopic (exact) mass is 383 g/mol. The molecule has 0 saturated carbocycles. The number of benzene rings is 1. The number of hydrogen-bond acceptors (Lipinski definition) is 4. The number of carbonyl (C=O) groups excluding carboxylic acids is 2. The van der Waals surface area contributed by atoms with Crippen LogP contribution in [0.25, 0.3) is 0 Å². The van der Waals surface area contributed by atoms with Gasteiger partial charge in [0.1, 0.15) is 5.69 Å². The largest absolute Gasteiger partial charge is 0.398 e. The third-order valence-corrected chi connectivity index (χ3v) is 5.54. The number of H-pyrrole nitrogens is 1. The second-order valence-electron chi connectivity index (χ2n) is 7.72. The molecule has 2 amide bonds. The lowest BCUT2D eigenvalue weighted by atomic mass is 9.97. The number of rotatable bonds is 4. The molecule has 1 saturated heterocycles. The average Bonchev–Trinajstić information content (AvgIpc) is 3.17. The van der Waals surface area contributed by atoms with Crippen LogP contribution in [0.2, 0.25) is 0 Å². The fourth-order valence-corrected chi connectivity index (χ4v) is 3.68. The summed E-state index contributed by atoms with van der Waals surface area (Å²) in [6, 6.07) is 5.37. The van der Waals surface area contributed by atoms with Gasteiger partial charge in [0.25, 0.3) is 11.8 Å². The number of nitrogens with zero attached hydrogens (tertiary/aromatic N) is 3. The fourth-order valence-electron chi connectivity index (χ4n) is 3.68. The van der Waals surface area contributed by atoms with Crippen molar-refractivity contribution >= 4 is 17.5 Å². The highest BCUT2D eigenvalue weighted by Gasteiger charge is 2.35. The first-order valence-electron chi connectivity index (χ1n) is 9.82. The minimum absolute atomic E-state index is 0.0356. The summed E-state index contributed by atoms with van der Waals surface area (Å²) in [6.07, 6.45) is 2.29. The first-order chi connectivity index (χ1) is 13.3. The van der Waals surface area contributed by atoms with Crippen LogP contribution < -0.4 is 5.73 Å². The number of nitrogens with one attached hydrogen (secondary N) is 1. The summed E-state index contributed by atoms with van der Waals surface area (Å²) < 4.78 is 0. The normalized spacial score (nSPS) is 17.2. The molecule has 0 bridgehead atoms. The Morgan fingerprint density at radius 1 is 1.29 bits per heavy atom. The molecule has 7 nitrogen and oxygen atoms in total. The van der Waals surface area contributed by atoms with E-state index >= 15 is 0 Å². The molecule has 1 aliphatic rings. The number of aromatic amines is 1. The van der Waals surface area contributed by atoms with E-state index in [0.717, 1.165) is 17.7 Å². The van der Waals surface area contributed by atoms with Crippen molar-refractivity contribution in [3.63, 3.8) is 0 Å². The van der Waals surface area contributed by atoms with Crippen molar-refractivity contribution in [2.24, 2.45) is 5.92 Å². The van der Waals surface area contributed by atoms with E-state index in [-0.39, 0.29) is 23.8 Å². The second-order valence-corrected chi connectivity index (χ2v) is 7.72. The minimum atomic E-state index is -0.0737. The van der Waals surface area contributed by atoms with Crippen molar-refractivity contribution in [2.75, 3.05) is 25.4 Å². The molecule has 0 radical (unpaired) electrons. The lowest BCUT2D eigenvalue weighted by Gasteiger charge is -2.43. The molecule has 0 spiro atoms. The predicted molar refractivity (Wildman–Crippen MR) is 109 cm³/mol. The van der Waals surface area contributed by atoms with E-state index in [1.54, 1.807) is 12.4 Å². The van der Waals surface area contributed by atoms with Gasteiger partial charge in [0, 0.05) is 36.6 Å². The van der Waals surface area contributed by atoms with Gasteiger partial charge in [0.15, 0.2) is 0 Å². The van der Waals surface area contributed by atoms with Crippen molar-refractivity contribution in [1.82, 2.24) is 19.8 Å². The number of piperazine rings is 1. The van der Waals surface area contributed by atoms with E-state index in [1.165, 1.54) is 0 Å². The Hall–Kier alpha value is -2.83. The highest BCUT2D eigenvalue weighted by Crippen LogP contribution is 2.23. The van der Waals surface area contributed by atoms with Crippen molar-refractivity contribution < 1.29 is 9.59 Å². The van der Waals surface area contributed by atoms with Crippen LogP contribution in [0.5, 0.6) is 0 Å². The van der Waals surface area contributed by atoms with Crippen LogP contribution in [0.1, 0.15) is 52.9 Å². The van der Waals surface area contributed by atoms with E-state index in [9.17, 15) is 9.59 Å². The lowest BCUT2D eigenvalue weighted by molar-refractivity contribution is 0.0300. The molecule has 1 aromatic heterocycles. The van der Waals surface area contributed by atoms with E-state index in [1.807, 2.05) is 35.8 Å². The van der Waals surface area contributed by atoms with Crippen molar-refractivity contribution in [2.45, 2.75) is 40.2 Å². The number of imidazole rings is 1. The lowest BCUT2D eigenvalue weighted by Crippen LogP contribution is -2.58. The number of aromatic nitrogens is 2. The zero-order chi connectivity index (χ0) is 20.4. The Kier molecular flexibility index (Phi) is 5.72. The molecule has 3 N–H and O–H groups in total. The van der Waals surface area contributed by atoms with Gasteiger partial charge in [-0.05, 0) is 37.0 Å². The maximum absolute atomic E-state index is 13.1. The summed E-state index contributed by atoms with van der Waals surface area (Å²) in [4.78, 5) is 37.0. The maximum atomic E-state index is 13.1. The van der Waals surface area contributed by atoms with Gasteiger partial charge in [-0.2, -0.15) is 0 Å². The minimum Gasteiger partial charge on any atom is -0.398 e. The number of aryl methyl sites for hydroxylation is 2. The number of carbonyl (C=O) groups is 2. The first kappa shape index (κ1) is 19.9. The molecule has 1 aliphatic heterocycles. The van der Waals surface area contributed by atoms with Gasteiger partial charge in [0.05, 0.1) is 12.4 Å². The molecule has 2 aromatic rings. The van der Waals surface area contributed by atoms with Gasteiger partial charge >= 0.3 is 0 Å². The summed E-state index contributed by atoms with van der Waals surface area (Å²) >= 11 is 0. The highest BCUT2D eigenvalue weighted by molar-refractivity contribution is 5.96. The van der Waals surface area contributed by atoms with Crippen LogP contribution in [-0.2, 0) is 6.42 Å². The van der Waals surface area contributed by atoms with E-state index in [2.05, 4.69) is 23.8 Å². The molecule has 2 heterocycles. The number of anilines is 1. The molecular weight excluding hydrogens is 354 g/mol. The summed E-state index contributed by atoms with van der Waals surface area (Å²) in [7, 11) is 0. The third-order valence-electron chi connectivity index (χ3n) is 5.54. The Bertz CT molecular complexity index is 873. The Labute approximate surface area is 165 Å². The van der Waals surface area contributed by atoms with E-state index < -0.39 is 0 Å². The van der Waals surface area contributed by atoms with Crippen LogP contribution in [-0.4, -0.2) is 57.3 Å². The molecule has 1 atom stereocenters. The Morgan fingerprint density at radius 3 is 2.68 bits per heavy atom. The maximum Gasteiger partial charge on any atom is 0.274 e. The first-order valence-corrected chi connectivity index (χ1v) is 9.82. The number of nitrogens with two attached hydrogens (primary N) is 1. The molecular formula is C21H29N5O2. The second kappa shape index (κ2) is 8.04. The molecule has 0 aliphatic carbocycles. The average molecular weight is 383 g/mol. The van der Waals surface area contributed by atoms with Crippen LogP contribution in [0.3, 0.4) is 0 Å². The molecule has 1 aromatic carbocycles. The highest BCUT2D eigenvalue weighted by atomic mass is 16.2. The van der Waals surface area contributed by atoms with Gasteiger partial charge in [-0.15, -0.1) is 0 Å². The van der Waals surface area contributed by atoms with Gasteiger partial charge in [-0.25, -0.2) is 4.98 Å². The van der Waals surface area contributed by atoms with E-state index in [0.29, 0.717) is 36.6 Å². The number of hydrogen-bond donors (Lipinski definition) is 2. The molecule has 150 valence electrons. The van der Waals surface area contributed by atoms with E-state index in [4.69, 9.17) is 5.73 Å². The smallest absolute Gasteiger partial charge is 0.274 e. The van der Waals surface area contributed by atoms with Gasteiger partial charge in [0.2, 0.25) is 0 Å². The van der Waals surface area contributed by atoms with Crippen LogP contribution in [0.15, 0.2) is 24.5 Å². The summed E-state index contributed by atoms with van der Waals surface area (Å²) in [5, 5.41) is 0. The van der Waals surface area contributed by atoms with Gasteiger partial charge in [-0.1, -0.05) is 26.8 Å². The number of nitrogen functional groups attached to an aromatic ring is 1. The summed E-state index contributed by atoms with van der Waals surface area (Å²) in [5.41, 5.74) is 9.49. The third kappa shape index (κ3) is 3.74. The molecule has 0 unspecified atom stereocenters. The van der Waals surface area contributed by atoms with Crippen molar-refractivity contribution in [3.05, 3.63) is 47.0 Å². The standard InChI is InChI=1S/C21H29N5O2/c1-5-17-19(24-12-23-17)21(28)25-8-9-26(18(11-25)13(2)3)20(27)15-7-6-14(4)16(22)10-15/h6-7,10,12-13,18H,5,8-9,11,22H2,1-4H3,(H,23,24)/t18-/m1/s1. The Morgan fingerprint density at radius 2 is 2.04 bits per heavy atom. The van der Waals surface area contributed by atoms with Crippen molar-refractivity contribution in [3.8, 4) is 0 Å².